The fourth-order valence-electron chi connectivity index (χ4n) is 5.38. The quantitative estimate of drug-likeness (QED) is 0.479. The largest absolute Gasteiger partial charge is 0.447 e. The van der Waals surface area contributed by atoms with Gasteiger partial charge in [0.25, 0.3) is 5.79 Å². The molecule has 0 aromatic carbocycles. The molecule has 1 N–H and O–H groups in total. The van der Waals surface area contributed by atoms with Crippen molar-refractivity contribution < 1.29 is 28.9 Å². The molecule has 0 amide bonds. The Balaban J connectivity index is 1.80. The molecular formula is C24H32O6. The van der Waals surface area contributed by atoms with Crippen molar-refractivity contribution in [1.29, 1.82) is 0 Å². The summed E-state index contributed by atoms with van der Waals surface area (Å²) in [5.41, 5.74) is -0.354. The van der Waals surface area contributed by atoms with Crippen molar-refractivity contribution in [2.24, 2.45) is 11.3 Å². The van der Waals surface area contributed by atoms with Crippen molar-refractivity contribution in [3.8, 4) is 0 Å². The van der Waals surface area contributed by atoms with E-state index in [9.17, 15) is 14.7 Å². The Morgan fingerprint density at radius 2 is 1.83 bits per heavy atom. The van der Waals surface area contributed by atoms with Crippen LogP contribution in [-0.2, 0) is 23.8 Å². The molecule has 3 aliphatic heterocycles. The summed E-state index contributed by atoms with van der Waals surface area (Å²) >= 11 is 0. The molecule has 0 saturated carbocycles. The fourth-order valence-corrected chi connectivity index (χ4v) is 5.38. The summed E-state index contributed by atoms with van der Waals surface area (Å²) in [6.45, 7) is 10.0. The van der Waals surface area contributed by atoms with Crippen molar-refractivity contribution in [3.63, 3.8) is 0 Å². The maximum Gasteiger partial charge on any atom is 0.333 e. The molecule has 6 nitrogen and oxygen atoms in total. The van der Waals surface area contributed by atoms with Gasteiger partial charge in [0, 0.05) is 12.5 Å². The molecule has 2 saturated heterocycles. The van der Waals surface area contributed by atoms with Gasteiger partial charge in [-0.15, -0.1) is 0 Å². The van der Waals surface area contributed by atoms with Crippen LogP contribution >= 0.6 is 0 Å². The highest BCUT2D eigenvalue weighted by molar-refractivity contribution is 5.87. The molecule has 4 rings (SSSR count). The molecule has 30 heavy (non-hydrogen) atoms. The summed E-state index contributed by atoms with van der Waals surface area (Å²) < 4.78 is 18.1. The molecule has 2 fully saturated rings. The number of hydrogen-bond donors (Lipinski definition) is 1. The molecule has 0 unspecified atom stereocenters. The molecule has 1 aliphatic carbocycles. The van der Waals surface area contributed by atoms with Gasteiger partial charge in [-0.05, 0) is 62.5 Å². The molecule has 0 aromatic heterocycles. The van der Waals surface area contributed by atoms with Gasteiger partial charge in [-0.1, -0.05) is 32.1 Å². The van der Waals surface area contributed by atoms with Crippen LogP contribution in [0.25, 0.3) is 0 Å². The van der Waals surface area contributed by atoms with Crippen LogP contribution in [0.5, 0.6) is 0 Å². The lowest BCUT2D eigenvalue weighted by Gasteiger charge is -2.56. The summed E-state index contributed by atoms with van der Waals surface area (Å²) in [5.74, 6) is -2.52. The van der Waals surface area contributed by atoms with Gasteiger partial charge in [-0.25, -0.2) is 4.79 Å². The number of fused-ring (bicyclic) bond motifs is 1. The molecule has 5 atom stereocenters. The van der Waals surface area contributed by atoms with E-state index in [2.05, 4.69) is 32.1 Å². The van der Waals surface area contributed by atoms with E-state index in [-0.39, 0.29) is 17.8 Å². The van der Waals surface area contributed by atoms with Gasteiger partial charge in [0.15, 0.2) is 5.60 Å². The van der Waals surface area contributed by atoms with Crippen molar-refractivity contribution in [3.05, 3.63) is 35.5 Å². The predicted octanol–water partition coefficient (Wildman–Crippen LogP) is 3.74. The second kappa shape index (κ2) is 6.79. The van der Waals surface area contributed by atoms with Gasteiger partial charge >= 0.3 is 11.9 Å². The summed E-state index contributed by atoms with van der Waals surface area (Å²) in [6.07, 6.45) is 9.36. The Morgan fingerprint density at radius 3 is 2.57 bits per heavy atom. The maximum atomic E-state index is 12.4. The van der Waals surface area contributed by atoms with Gasteiger partial charge in [0.05, 0.1) is 11.7 Å². The highest BCUT2D eigenvalue weighted by Gasteiger charge is 2.73. The van der Waals surface area contributed by atoms with Crippen LogP contribution in [-0.4, -0.2) is 40.1 Å². The van der Waals surface area contributed by atoms with E-state index < -0.39 is 35.0 Å². The first kappa shape index (κ1) is 21.3. The Kier molecular flexibility index (Phi) is 4.83. The number of hydrogen-bond acceptors (Lipinski definition) is 6. The number of aliphatic hydroxyl groups excluding tert-OH is 1. The Labute approximate surface area is 177 Å². The van der Waals surface area contributed by atoms with Gasteiger partial charge in [0.2, 0.25) is 0 Å². The molecule has 164 valence electrons. The van der Waals surface area contributed by atoms with Crippen LogP contribution in [0.2, 0.25) is 0 Å². The lowest BCUT2D eigenvalue weighted by molar-refractivity contribution is -0.351. The molecule has 6 heteroatoms. The van der Waals surface area contributed by atoms with E-state index in [0.29, 0.717) is 24.8 Å². The van der Waals surface area contributed by atoms with Crippen molar-refractivity contribution in [2.75, 3.05) is 0 Å². The lowest BCUT2D eigenvalue weighted by atomic mass is 9.66. The first-order valence-electron chi connectivity index (χ1n) is 10.8. The number of ether oxygens (including phenoxy) is 3. The number of carbonyl (C=O) groups is 2. The molecule has 3 heterocycles. The Morgan fingerprint density at radius 1 is 1.10 bits per heavy atom. The highest BCUT2D eigenvalue weighted by atomic mass is 16.8. The van der Waals surface area contributed by atoms with Crippen LogP contribution in [0.1, 0.15) is 66.7 Å². The monoisotopic (exact) mass is 416 g/mol. The van der Waals surface area contributed by atoms with Gasteiger partial charge in [-0.3, -0.25) is 4.79 Å². The standard InChI is InChI=1S/C24H32O6/c1-15-7-10-21(3,4)8-6-9-22(5)17(12-18(15)25)13-23-16(2)11-19(26)29-24(23,30-22)14-20(27)28-23/h6-8,11,17-18,25H,9-10,12-14H2,1-5H3/b8-6+,15-7-/t17-,18+,22+,23+,24-/m1/s1. The van der Waals surface area contributed by atoms with E-state index in [1.807, 2.05) is 13.8 Å². The minimum Gasteiger partial charge on any atom is -0.447 e. The molecular weight excluding hydrogens is 384 g/mol. The minimum atomic E-state index is -1.45. The molecule has 0 spiro atoms. The van der Waals surface area contributed by atoms with Crippen molar-refractivity contribution in [1.82, 2.24) is 0 Å². The van der Waals surface area contributed by atoms with Gasteiger partial charge in [0.1, 0.15) is 6.42 Å². The average molecular weight is 417 g/mol. The molecule has 4 aliphatic rings. The first-order valence-corrected chi connectivity index (χ1v) is 10.8. The van der Waals surface area contributed by atoms with Crippen LogP contribution < -0.4 is 0 Å². The third-order valence-corrected chi connectivity index (χ3v) is 7.39. The number of allylic oxidation sites excluding steroid dienone is 2. The van der Waals surface area contributed by atoms with E-state index in [4.69, 9.17) is 14.2 Å². The zero-order valence-corrected chi connectivity index (χ0v) is 18.5. The van der Waals surface area contributed by atoms with E-state index in [1.54, 1.807) is 6.92 Å². The van der Waals surface area contributed by atoms with E-state index >= 15 is 0 Å². The summed E-state index contributed by atoms with van der Waals surface area (Å²) in [7, 11) is 0. The number of esters is 2. The first-order chi connectivity index (χ1) is 13.9. The van der Waals surface area contributed by atoms with E-state index in [1.165, 1.54) is 6.08 Å². The lowest BCUT2D eigenvalue weighted by Crippen LogP contribution is -2.68. The second-order valence-electron chi connectivity index (χ2n) is 10.3. The Hall–Kier alpha value is -1.92. The molecule has 0 aromatic rings. The van der Waals surface area contributed by atoms with Crippen molar-refractivity contribution >= 4 is 11.9 Å². The van der Waals surface area contributed by atoms with Crippen LogP contribution in [0.3, 0.4) is 0 Å². The van der Waals surface area contributed by atoms with Crippen LogP contribution in [0, 0.1) is 11.3 Å². The number of rotatable bonds is 0. The van der Waals surface area contributed by atoms with Crippen LogP contribution in [0.4, 0.5) is 0 Å². The third kappa shape index (κ3) is 3.25. The molecule has 0 radical (unpaired) electrons. The summed E-state index contributed by atoms with van der Waals surface area (Å²) in [5, 5.41) is 11.0. The smallest absolute Gasteiger partial charge is 0.333 e. The topological polar surface area (TPSA) is 82.1 Å². The van der Waals surface area contributed by atoms with Gasteiger partial charge < -0.3 is 19.3 Å². The number of aliphatic hydroxyl groups is 1. The normalized spacial score (nSPS) is 45.9. The summed E-state index contributed by atoms with van der Waals surface area (Å²) in [4.78, 5) is 24.7. The highest BCUT2D eigenvalue weighted by Crippen LogP contribution is 2.59. The Bertz CT molecular complexity index is 867. The average Bonchev–Trinajstić information content (AvgIpc) is 2.89. The zero-order valence-electron chi connectivity index (χ0n) is 18.5. The second-order valence-corrected chi connectivity index (χ2v) is 10.3. The van der Waals surface area contributed by atoms with Crippen molar-refractivity contribution in [2.45, 2.75) is 89.8 Å². The zero-order chi connectivity index (χ0) is 21.9. The minimum absolute atomic E-state index is 0.0586. The fraction of sp³-hybridized carbons (Fsp3) is 0.667. The molecule has 0 bridgehead atoms. The maximum absolute atomic E-state index is 12.4. The summed E-state index contributed by atoms with van der Waals surface area (Å²) in [6, 6.07) is 0. The van der Waals surface area contributed by atoms with E-state index in [0.717, 1.165) is 12.0 Å². The van der Waals surface area contributed by atoms with Gasteiger partial charge in [-0.2, -0.15) is 0 Å². The van der Waals surface area contributed by atoms with Crippen LogP contribution in [0.15, 0.2) is 35.5 Å². The predicted molar refractivity (Wildman–Crippen MR) is 110 cm³/mol. The number of carbonyl (C=O) groups excluding carboxylic acids is 2. The third-order valence-electron chi connectivity index (χ3n) is 7.39. The SMILES string of the molecule is CC1=CC(=O)O[C@@]23CC(=O)O[C@@]12C[C@H]1C[C@H](O)/C(C)=C\CC(C)(C)/C=C/C[C@]1(C)O3.